The zero-order valence-electron chi connectivity index (χ0n) is 17.2. The first kappa shape index (κ1) is 18.8. The smallest absolute Gasteiger partial charge is 0.253 e. The van der Waals surface area contributed by atoms with Crippen LogP contribution in [0.25, 0.3) is 10.9 Å². The molecule has 3 fully saturated rings. The second-order valence-corrected chi connectivity index (χ2v) is 8.74. The van der Waals surface area contributed by atoms with Crippen LogP contribution in [0.1, 0.15) is 55.3 Å². The fourth-order valence-electron chi connectivity index (χ4n) is 5.26. The molecule has 0 radical (unpaired) electrons. The van der Waals surface area contributed by atoms with E-state index in [1.54, 1.807) is 6.33 Å². The molecular formula is C23H31N5O. The lowest BCUT2D eigenvalue weighted by Gasteiger charge is -2.40. The Balaban J connectivity index is 1.31. The highest BCUT2D eigenvalue weighted by atomic mass is 16.2. The first-order valence-electron chi connectivity index (χ1n) is 11.3. The van der Waals surface area contributed by atoms with Gasteiger partial charge in [-0.05, 0) is 69.8 Å². The minimum atomic E-state index is 0.153. The van der Waals surface area contributed by atoms with Crippen LogP contribution < -0.4 is 4.90 Å². The topological polar surface area (TPSA) is 52.6 Å². The predicted octanol–water partition coefficient (Wildman–Crippen LogP) is 3.32. The molecule has 6 nitrogen and oxygen atoms in total. The number of amides is 1. The Morgan fingerprint density at radius 3 is 2.34 bits per heavy atom. The molecule has 29 heavy (non-hydrogen) atoms. The lowest BCUT2D eigenvalue weighted by molar-refractivity contribution is 0.0590. The maximum atomic E-state index is 13.2. The van der Waals surface area contributed by atoms with Gasteiger partial charge in [0.25, 0.3) is 5.91 Å². The third kappa shape index (κ3) is 3.82. The van der Waals surface area contributed by atoms with Crippen LogP contribution in [0.15, 0.2) is 24.5 Å². The van der Waals surface area contributed by atoms with Crippen LogP contribution in [-0.4, -0.2) is 71.0 Å². The average molecular weight is 394 g/mol. The van der Waals surface area contributed by atoms with Crippen LogP contribution in [0.3, 0.4) is 0 Å². The average Bonchev–Trinajstić information content (AvgIpc) is 3.33. The molecule has 0 bridgehead atoms. The van der Waals surface area contributed by atoms with Crippen molar-refractivity contribution in [1.82, 2.24) is 19.8 Å². The summed E-state index contributed by atoms with van der Waals surface area (Å²) in [6.07, 6.45) is 10.3. The van der Waals surface area contributed by atoms with Crippen molar-refractivity contribution in [3.05, 3.63) is 30.1 Å². The Morgan fingerprint density at radius 2 is 1.59 bits per heavy atom. The van der Waals surface area contributed by atoms with E-state index in [1.807, 2.05) is 23.1 Å². The first-order valence-corrected chi connectivity index (χ1v) is 11.3. The van der Waals surface area contributed by atoms with Crippen LogP contribution >= 0.6 is 0 Å². The van der Waals surface area contributed by atoms with Crippen molar-refractivity contribution in [3.8, 4) is 0 Å². The van der Waals surface area contributed by atoms with Gasteiger partial charge in [-0.15, -0.1) is 0 Å². The second kappa shape index (κ2) is 8.27. The van der Waals surface area contributed by atoms with Gasteiger partial charge in [0.05, 0.1) is 5.52 Å². The molecule has 0 N–H and O–H groups in total. The summed E-state index contributed by atoms with van der Waals surface area (Å²) >= 11 is 0. The number of likely N-dealkylation sites (tertiary alicyclic amines) is 2. The molecular weight excluding hydrogens is 362 g/mol. The summed E-state index contributed by atoms with van der Waals surface area (Å²) in [6, 6.07) is 6.58. The molecule has 3 saturated heterocycles. The number of nitrogens with zero attached hydrogens (tertiary/aromatic N) is 5. The Bertz CT molecular complexity index is 865. The molecule has 0 aliphatic carbocycles. The van der Waals surface area contributed by atoms with Crippen molar-refractivity contribution in [3.63, 3.8) is 0 Å². The van der Waals surface area contributed by atoms with Gasteiger partial charge in [0.2, 0.25) is 0 Å². The number of aromatic nitrogens is 2. The van der Waals surface area contributed by atoms with Crippen LogP contribution in [0.2, 0.25) is 0 Å². The summed E-state index contributed by atoms with van der Waals surface area (Å²) in [5.74, 6) is 1.13. The number of benzene rings is 1. The fraction of sp³-hybridized carbons (Fsp3) is 0.609. The Morgan fingerprint density at radius 1 is 0.862 bits per heavy atom. The van der Waals surface area contributed by atoms with E-state index in [0.29, 0.717) is 6.04 Å². The number of hydrogen-bond acceptors (Lipinski definition) is 5. The molecule has 1 amide bonds. The molecule has 6 heteroatoms. The summed E-state index contributed by atoms with van der Waals surface area (Å²) in [7, 11) is 0. The van der Waals surface area contributed by atoms with E-state index >= 15 is 0 Å². The van der Waals surface area contributed by atoms with Crippen molar-refractivity contribution in [2.45, 2.75) is 51.0 Å². The number of hydrogen-bond donors (Lipinski definition) is 0. The van der Waals surface area contributed by atoms with Crippen molar-refractivity contribution in [1.29, 1.82) is 0 Å². The van der Waals surface area contributed by atoms with Crippen LogP contribution in [0, 0.1) is 0 Å². The number of carbonyl (C=O) groups excluding carboxylic acids is 1. The van der Waals surface area contributed by atoms with Gasteiger partial charge in [-0.1, -0.05) is 6.42 Å². The second-order valence-electron chi connectivity index (χ2n) is 8.74. The SMILES string of the molecule is O=C(c1ccc2ncnc(N3CCCC3)c2c1)N1CCC(N2CCCCC2)CC1. The van der Waals surface area contributed by atoms with E-state index < -0.39 is 0 Å². The van der Waals surface area contributed by atoms with Gasteiger partial charge in [0.15, 0.2) is 0 Å². The number of anilines is 1. The summed E-state index contributed by atoms with van der Waals surface area (Å²) in [5.41, 5.74) is 1.69. The van der Waals surface area contributed by atoms with E-state index in [2.05, 4.69) is 19.8 Å². The van der Waals surface area contributed by atoms with Gasteiger partial charge in [0, 0.05) is 43.2 Å². The largest absolute Gasteiger partial charge is 0.356 e. The lowest BCUT2D eigenvalue weighted by atomic mass is 9.99. The van der Waals surface area contributed by atoms with E-state index in [0.717, 1.165) is 61.3 Å². The molecule has 1 aromatic carbocycles. The Kier molecular flexibility index (Phi) is 5.36. The zero-order valence-corrected chi connectivity index (χ0v) is 17.2. The zero-order chi connectivity index (χ0) is 19.6. The molecule has 0 atom stereocenters. The van der Waals surface area contributed by atoms with Gasteiger partial charge in [-0.25, -0.2) is 9.97 Å². The Labute approximate surface area is 172 Å². The van der Waals surface area contributed by atoms with E-state index in [4.69, 9.17) is 0 Å². The molecule has 4 heterocycles. The van der Waals surface area contributed by atoms with Gasteiger partial charge < -0.3 is 14.7 Å². The molecule has 3 aliphatic rings. The summed E-state index contributed by atoms with van der Waals surface area (Å²) in [4.78, 5) is 29.2. The van der Waals surface area contributed by atoms with Crippen molar-refractivity contribution in [2.24, 2.45) is 0 Å². The molecule has 5 rings (SSSR count). The normalized spacial score (nSPS) is 21.8. The van der Waals surface area contributed by atoms with Gasteiger partial charge in [0.1, 0.15) is 12.1 Å². The highest BCUT2D eigenvalue weighted by Gasteiger charge is 2.28. The van der Waals surface area contributed by atoms with Gasteiger partial charge in [-0.2, -0.15) is 0 Å². The maximum Gasteiger partial charge on any atom is 0.253 e. The monoisotopic (exact) mass is 393 g/mol. The van der Waals surface area contributed by atoms with E-state index in [-0.39, 0.29) is 5.91 Å². The number of carbonyl (C=O) groups is 1. The fourth-order valence-corrected chi connectivity index (χ4v) is 5.26. The van der Waals surface area contributed by atoms with Crippen molar-refractivity contribution >= 4 is 22.6 Å². The van der Waals surface area contributed by atoms with Crippen molar-refractivity contribution in [2.75, 3.05) is 44.2 Å². The third-order valence-corrected chi connectivity index (χ3v) is 6.93. The molecule has 3 aliphatic heterocycles. The minimum Gasteiger partial charge on any atom is -0.356 e. The van der Waals surface area contributed by atoms with Gasteiger partial charge in [-0.3, -0.25) is 4.79 Å². The summed E-state index contributed by atoms with van der Waals surface area (Å²) < 4.78 is 0. The van der Waals surface area contributed by atoms with Gasteiger partial charge >= 0.3 is 0 Å². The highest BCUT2D eigenvalue weighted by Crippen LogP contribution is 2.28. The number of rotatable bonds is 3. The minimum absolute atomic E-state index is 0.153. The predicted molar refractivity (Wildman–Crippen MR) is 115 cm³/mol. The van der Waals surface area contributed by atoms with Crippen LogP contribution in [-0.2, 0) is 0 Å². The van der Waals surface area contributed by atoms with E-state index in [1.165, 1.54) is 45.2 Å². The summed E-state index contributed by atoms with van der Waals surface area (Å²) in [6.45, 7) is 6.28. The quantitative estimate of drug-likeness (QED) is 0.801. The van der Waals surface area contributed by atoms with Crippen molar-refractivity contribution < 1.29 is 4.79 Å². The number of piperidine rings is 2. The summed E-state index contributed by atoms with van der Waals surface area (Å²) in [5, 5.41) is 1.00. The number of fused-ring (bicyclic) bond motifs is 1. The Hall–Kier alpha value is -2.21. The van der Waals surface area contributed by atoms with E-state index in [9.17, 15) is 4.79 Å². The molecule has 0 unspecified atom stereocenters. The standard InChI is InChI=1S/C23H31N5O/c29-23(28-14-8-19(9-15-28)26-10-2-1-3-11-26)18-6-7-21-20(16-18)22(25-17-24-21)27-12-4-5-13-27/h6-7,16-17,19H,1-5,8-15H2. The highest BCUT2D eigenvalue weighted by molar-refractivity contribution is 6.00. The van der Waals surface area contributed by atoms with Crippen LogP contribution in [0.5, 0.6) is 0 Å². The first-order chi connectivity index (χ1) is 14.3. The lowest BCUT2D eigenvalue weighted by Crippen LogP contribution is -2.48. The molecule has 154 valence electrons. The molecule has 2 aromatic rings. The maximum absolute atomic E-state index is 13.2. The van der Waals surface area contributed by atoms with Crippen LogP contribution in [0.4, 0.5) is 5.82 Å². The molecule has 1 aromatic heterocycles. The molecule has 0 saturated carbocycles. The third-order valence-electron chi connectivity index (χ3n) is 6.93. The molecule has 0 spiro atoms.